The summed E-state index contributed by atoms with van der Waals surface area (Å²) >= 11 is 0. The van der Waals surface area contributed by atoms with Gasteiger partial charge in [0.25, 0.3) is 0 Å². The Balaban J connectivity index is 0.000000673. The predicted molar refractivity (Wildman–Crippen MR) is 72.4 cm³/mol. The van der Waals surface area contributed by atoms with Crippen LogP contribution in [0.3, 0.4) is 0 Å². The van der Waals surface area contributed by atoms with Crippen LogP contribution in [0, 0.1) is 6.92 Å². The third-order valence-corrected chi connectivity index (χ3v) is 2.17. The van der Waals surface area contributed by atoms with E-state index in [2.05, 4.69) is 59.7 Å². The van der Waals surface area contributed by atoms with Crippen LogP contribution in [-0.2, 0) is 5.41 Å². The van der Waals surface area contributed by atoms with Crippen LogP contribution < -0.4 is 4.74 Å². The zero-order chi connectivity index (χ0) is 12.8. The summed E-state index contributed by atoms with van der Waals surface area (Å²) in [5.41, 5.74) is 2.66. The topological polar surface area (TPSA) is 9.23 Å². The Kier molecular flexibility index (Phi) is 6.17. The van der Waals surface area contributed by atoms with Gasteiger partial charge in [0, 0.05) is 0 Å². The predicted octanol–water partition coefficient (Wildman–Crippen LogP) is 4.72. The Hall–Kier alpha value is -0.980. The zero-order valence-corrected chi connectivity index (χ0v) is 11.8. The van der Waals surface area contributed by atoms with E-state index in [1.54, 1.807) is 7.11 Å². The highest BCUT2D eigenvalue weighted by atomic mass is 16.5. The van der Waals surface area contributed by atoms with Gasteiger partial charge in [0.1, 0.15) is 5.75 Å². The van der Waals surface area contributed by atoms with Crippen LogP contribution >= 0.6 is 0 Å². The first-order valence-corrected chi connectivity index (χ1v) is 6.01. The van der Waals surface area contributed by atoms with Crippen molar-refractivity contribution in [2.75, 3.05) is 7.11 Å². The molecule has 1 heteroatoms. The normalized spacial score (nSPS) is 10.4. The molecule has 1 rings (SSSR count). The second-order valence-corrected chi connectivity index (χ2v) is 5.16. The maximum Gasteiger partial charge on any atom is 0.122 e. The number of benzene rings is 1. The lowest BCUT2D eigenvalue weighted by Crippen LogP contribution is -2.12. The summed E-state index contributed by atoms with van der Waals surface area (Å²) in [7, 11) is 1.73. The summed E-state index contributed by atoms with van der Waals surface area (Å²) in [6, 6.07) is 6.36. The third-order valence-electron chi connectivity index (χ3n) is 2.17. The molecular weight excluding hydrogens is 196 g/mol. The molecule has 0 aromatic heterocycles. The molecule has 1 aromatic rings. The van der Waals surface area contributed by atoms with Gasteiger partial charge in [-0.2, -0.15) is 0 Å². The van der Waals surface area contributed by atoms with Crippen molar-refractivity contribution < 1.29 is 4.74 Å². The Morgan fingerprint density at radius 1 is 1.12 bits per heavy atom. The van der Waals surface area contributed by atoms with Crippen LogP contribution in [-0.4, -0.2) is 7.11 Å². The van der Waals surface area contributed by atoms with Gasteiger partial charge in [-0.25, -0.2) is 0 Å². The number of methoxy groups -OCH3 is 1. The number of ether oxygens (including phenoxy) is 1. The highest BCUT2D eigenvalue weighted by Crippen LogP contribution is 2.31. The number of hydrogen-bond donors (Lipinski definition) is 0. The molecular formula is C15H26O. The van der Waals surface area contributed by atoms with Gasteiger partial charge in [0.2, 0.25) is 0 Å². The van der Waals surface area contributed by atoms with Gasteiger partial charge < -0.3 is 4.74 Å². The van der Waals surface area contributed by atoms with E-state index in [9.17, 15) is 0 Å². The van der Waals surface area contributed by atoms with E-state index < -0.39 is 0 Å². The van der Waals surface area contributed by atoms with Crippen LogP contribution in [0.4, 0.5) is 0 Å². The van der Waals surface area contributed by atoms with Crippen LogP contribution in [0.25, 0.3) is 0 Å². The molecule has 0 spiro atoms. The summed E-state index contributed by atoms with van der Waals surface area (Å²) < 4.78 is 5.35. The van der Waals surface area contributed by atoms with E-state index in [-0.39, 0.29) is 5.41 Å². The number of aryl methyl sites for hydroxylation is 1. The van der Waals surface area contributed by atoms with E-state index in [0.717, 1.165) is 5.75 Å². The lowest BCUT2D eigenvalue weighted by molar-refractivity contribution is 0.397. The summed E-state index contributed by atoms with van der Waals surface area (Å²) in [6.45, 7) is 12.9. The molecule has 0 bridgehead atoms. The first-order chi connectivity index (χ1) is 7.36. The minimum absolute atomic E-state index is 0.152. The van der Waals surface area contributed by atoms with E-state index in [1.165, 1.54) is 17.5 Å². The van der Waals surface area contributed by atoms with Crippen LogP contribution in [0.2, 0.25) is 0 Å². The smallest absolute Gasteiger partial charge is 0.122 e. The van der Waals surface area contributed by atoms with E-state index in [1.807, 2.05) is 0 Å². The average Bonchev–Trinajstić information content (AvgIpc) is 2.16. The number of rotatable bonds is 1. The van der Waals surface area contributed by atoms with Gasteiger partial charge in [-0.15, -0.1) is 0 Å². The SMILES string of the molecule is CCC.COc1cc(C)ccc1C(C)(C)C. The zero-order valence-electron chi connectivity index (χ0n) is 11.8. The van der Waals surface area contributed by atoms with Crippen molar-refractivity contribution in [2.24, 2.45) is 0 Å². The molecule has 0 saturated heterocycles. The van der Waals surface area contributed by atoms with Gasteiger partial charge in [-0.3, -0.25) is 0 Å². The molecule has 0 aliphatic carbocycles. The molecule has 0 aliphatic heterocycles. The van der Waals surface area contributed by atoms with Crippen molar-refractivity contribution in [3.05, 3.63) is 29.3 Å². The quantitative estimate of drug-likeness (QED) is 0.668. The molecule has 1 nitrogen and oxygen atoms in total. The van der Waals surface area contributed by atoms with E-state index in [4.69, 9.17) is 4.74 Å². The molecule has 0 saturated carbocycles. The maximum atomic E-state index is 5.35. The molecule has 1 aromatic carbocycles. The highest BCUT2D eigenvalue weighted by molar-refractivity contribution is 5.41. The van der Waals surface area contributed by atoms with E-state index >= 15 is 0 Å². The Bertz CT molecular complexity index is 308. The first-order valence-electron chi connectivity index (χ1n) is 6.01. The van der Waals surface area contributed by atoms with Gasteiger partial charge in [-0.1, -0.05) is 53.2 Å². The summed E-state index contributed by atoms with van der Waals surface area (Å²) in [5.74, 6) is 0.993. The van der Waals surface area contributed by atoms with Crippen molar-refractivity contribution >= 4 is 0 Å². The fraction of sp³-hybridized carbons (Fsp3) is 0.600. The van der Waals surface area contributed by atoms with Gasteiger partial charge in [0.15, 0.2) is 0 Å². The maximum absolute atomic E-state index is 5.35. The average molecular weight is 222 g/mol. The molecule has 0 unspecified atom stereocenters. The molecule has 0 aliphatic rings. The molecule has 0 radical (unpaired) electrons. The molecule has 0 N–H and O–H groups in total. The largest absolute Gasteiger partial charge is 0.496 e. The van der Waals surface area contributed by atoms with Crippen LogP contribution in [0.15, 0.2) is 18.2 Å². The second-order valence-electron chi connectivity index (χ2n) is 5.16. The lowest BCUT2D eigenvalue weighted by Gasteiger charge is -2.22. The molecule has 0 fully saturated rings. The van der Waals surface area contributed by atoms with Crippen molar-refractivity contribution in [3.8, 4) is 5.75 Å². The number of hydrogen-bond acceptors (Lipinski definition) is 1. The van der Waals surface area contributed by atoms with Crippen molar-refractivity contribution in [1.82, 2.24) is 0 Å². The standard InChI is InChI=1S/C12H18O.C3H8/c1-9-6-7-10(12(2,3)4)11(8-9)13-5;1-3-2/h6-8H,1-5H3;3H2,1-2H3. The minimum atomic E-state index is 0.152. The third kappa shape index (κ3) is 4.69. The fourth-order valence-corrected chi connectivity index (χ4v) is 1.42. The summed E-state index contributed by atoms with van der Waals surface area (Å²) in [6.07, 6.45) is 1.25. The molecule has 92 valence electrons. The summed E-state index contributed by atoms with van der Waals surface area (Å²) in [5, 5.41) is 0. The molecule has 0 amide bonds. The highest BCUT2D eigenvalue weighted by Gasteiger charge is 2.18. The molecule has 16 heavy (non-hydrogen) atoms. The second kappa shape index (κ2) is 6.57. The van der Waals surface area contributed by atoms with Crippen LogP contribution in [0.5, 0.6) is 5.75 Å². The van der Waals surface area contributed by atoms with Crippen LogP contribution in [0.1, 0.15) is 52.2 Å². The van der Waals surface area contributed by atoms with Gasteiger partial charge in [-0.05, 0) is 29.5 Å². The Labute approximate surface area is 101 Å². The molecule has 0 atom stereocenters. The van der Waals surface area contributed by atoms with Gasteiger partial charge >= 0.3 is 0 Å². The summed E-state index contributed by atoms with van der Waals surface area (Å²) in [4.78, 5) is 0. The van der Waals surface area contributed by atoms with E-state index in [0.29, 0.717) is 0 Å². The first kappa shape index (κ1) is 15.0. The Morgan fingerprint density at radius 2 is 1.62 bits per heavy atom. The minimum Gasteiger partial charge on any atom is -0.496 e. The van der Waals surface area contributed by atoms with Crippen molar-refractivity contribution in [2.45, 2.75) is 53.4 Å². The Morgan fingerprint density at radius 3 is 2.00 bits per heavy atom. The fourth-order valence-electron chi connectivity index (χ4n) is 1.42. The van der Waals surface area contributed by atoms with Gasteiger partial charge in [0.05, 0.1) is 7.11 Å². The monoisotopic (exact) mass is 222 g/mol. The molecule has 0 heterocycles. The van der Waals surface area contributed by atoms with Crippen molar-refractivity contribution in [1.29, 1.82) is 0 Å². The lowest BCUT2D eigenvalue weighted by atomic mass is 9.86. The van der Waals surface area contributed by atoms with Crippen molar-refractivity contribution in [3.63, 3.8) is 0 Å².